The van der Waals surface area contributed by atoms with E-state index in [2.05, 4.69) is 48.3 Å². The number of nitrogens with one attached hydrogen (secondary N) is 1. The Labute approximate surface area is 192 Å². The molecular weight excluding hydrogens is 414 g/mol. The summed E-state index contributed by atoms with van der Waals surface area (Å²) in [6.45, 7) is 8.51. The van der Waals surface area contributed by atoms with E-state index in [9.17, 15) is 9.90 Å². The third-order valence-electron chi connectivity index (χ3n) is 6.39. The monoisotopic (exact) mass is 441 g/mol. The zero-order valence-electron chi connectivity index (χ0n) is 19.2. The number of aromatic nitrogens is 2. The highest BCUT2D eigenvalue weighted by Gasteiger charge is 2.43. The molecular formula is C27H27N3O3. The van der Waals surface area contributed by atoms with Gasteiger partial charge >= 0.3 is 0 Å². The van der Waals surface area contributed by atoms with Crippen molar-refractivity contribution >= 4 is 5.91 Å². The smallest absolute Gasteiger partial charge is 0.273 e. The number of carbonyl (C=O) groups is 1. The summed E-state index contributed by atoms with van der Waals surface area (Å²) in [5.41, 5.74) is 6.48. The summed E-state index contributed by atoms with van der Waals surface area (Å²) in [5.74, 6) is 1.17. The zero-order valence-corrected chi connectivity index (χ0v) is 19.2. The molecule has 33 heavy (non-hydrogen) atoms. The van der Waals surface area contributed by atoms with Gasteiger partial charge in [-0.3, -0.25) is 9.89 Å². The van der Waals surface area contributed by atoms with E-state index in [0.717, 1.165) is 22.3 Å². The molecule has 0 saturated heterocycles. The van der Waals surface area contributed by atoms with Gasteiger partial charge in [0.25, 0.3) is 5.91 Å². The van der Waals surface area contributed by atoms with E-state index in [-0.39, 0.29) is 17.7 Å². The Kier molecular flexibility index (Phi) is 5.08. The Bertz CT molecular complexity index is 1320. The van der Waals surface area contributed by atoms with Crippen LogP contribution in [0, 0.1) is 13.8 Å². The lowest BCUT2D eigenvalue weighted by atomic mass is 9.92. The number of nitrogens with zero attached hydrogens (tertiary/aromatic N) is 2. The van der Waals surface area contributed by atoms with Crippen LogP contribution in [0.2, 0.25) is 0 Å². The highest BCUT2D eigenvalue weighted by atomic mass is 16.3. The molecule has 5 rings (SSSR count). The maximum atomic E-state index is 13.5. The lowest BCUT2D eigenvalue weighted by molar-refractivity contribution is 0.0717. The standard InChI is InChI=1S/C27H27N3O3/c1-15(2)18-7-9-19(10-8-18)25-22-23(21-13-16(3)12-17(4)26(21)31)28-29-24(22)27(32)30(25)14-20-6-5-11-33-20/h5-13,15,25,31H,14H2,1-4H3,(H,28,29). The number of amides is 1. The molecule has 6 nitrogen and oxygen atoms in total. The Hall–Kier alpha value is -3.80. The van der Waals surface area contributed by atoms with E-state index in [0.29, 0.717) is 35.2 Å². The van der Waals surface area contributed by atoms with Crippen LogP contribution in [-0.4, -0.2) is 26.1 Å². The Morgan fingerprint density at radius 2 is 1.91 bits per heavy atom. The maximum Gasteiger partial charge on any atom is 0.273 e. The van der Waals surface area contributed by atoms with Gasteiger partial charge < -0.3 is 14.4 Å². The fraction of sp³-hybridized carbons (Fsp3) is 0.259. The number of H-pyrrole nitrogens is 1. The molecule has 0 fully saturated rings. The Balaban J connectivity index is 1.68. The molecule has 0 bridgehead atoms. The van der Waals surface area contributed by atoms with Crippen molar-refractivity contribution in [1.82, 2.24) is 15.1 Å². The molecule has 1 amide bonds. The van der Waals surface area contributed by atoms with Gasteiger partial charge in [0.15, 0.2) is 0 Å². The Morgan fingerprint density at radius 3 is 2.58 bits per heavy atom. The normalized spacial score (nSPS) is 15.5. The van der Waals surface area contributed by atoms with E-state index in [1.54, 1.807) is 11.2 Å². The molecule has 1 unspecified atom stereocenters. The van der Waals surface area contributed by atoms with Crippen LogP contribution in [0.1, 0.15) is 69.9 Å². The predicted octanol–water partition coefficient (Wildman–Crippen LogP) is 5.86. The second-order valence-electron chi connectivity index (χ2n) is 9.08. The van der Waals surface area contributed by atoms with Crippen molar-refractivity contribution in [2.24, 2.45) is 0 Å². The number of hydrogen-bond acceptors (Lipinski definition) is 4. The molecule has 0 aliphatic carbocycles. The molecule has 1 atom stereocenters. The second-order valence-corrected chi connectivity index (χ2v) is 9.08. The molecule has 2 aromatic heterocycles. The first kappa shape index (κ1) is 21.1. The van der Waals surface area contributed by atoms with Gasteiger partial charge in [-0.2, -0.15) is 5.10 Å². The topological polar surface area (TPSA) is 82.4 Å². The van der Waals surface area contributed by atoms with E-state index in [4.69, 9.17) is 4.42 Å². The number of carbonyl (C=O) groups excluding carboxylic acids is 1. The summed E-state index contributed by atoms with van der Waals surface area (Å²) in [4.78, 5) is 15.3. The van der Waals surface area contributed by atoms with E-state index in [1.165, 1.54) is 5.56 Å². The van der Waals surface area contributed by atoms with E-state index in [1.807, 2.05) is 38.1 Å². The van der Waals surface area contributed by atoms with Crippen molar-refractivity contribution in [1.29, 1.82) is 0 Å². The summed E-state index contributed by atoms with van der Waals surface area (Å²) >= 11 is 0. The molecule has 2 N–H and O–H groups in total. The lowest BCUT2D eigenvalue weighted by Crippen LogP contribution is -2.29. The lowest BCUT2D eigenvalue weighted by Gasteiger charge is -2.26. The van der Waals surface area contributed by atoms with Crippen molar-refractivity contribution < 1.29 is 14.3 Å². The quantitative estimate of drug-likeness (QED) is 0.406. The first-order chi connectivity index (χ1) is 15.8. The summed E-state index contributed by atoms with van der Waals surface area (Å²) < 4.78 is 5.56. The zero-order chi connectivity index (χ0) is 23.3. The van der Waals surface area contributed by atoms with Gasteiger partial charge in [0.1, 0.15) is 22.9 Å². The molecule has 6 heteroatoms. The Morgan fingerprint density at radius 1 is 1.15 bits per heavy atom. The van der Waals surface area contributed by atoms with Crippen LogP contribution >= 0.6 is 0 Å². The van der Waals surface area contributed by atoms with Gasteiger partial charge in [-0.05, 0) is 60.2 Å². The predicted molar refractivity (Wildman–Crippen MR) is 126 cm³/mol. The molecule has 4 aromatic rings. The number of benzene rings is 2. The number of furan rings is 1. The first-order valence-electron chi connectivity index (χ1n) is 11.2. The van der Waals surface area contributed by atoms with Crippen LogP contribution in [0.15, 0.2) is 59.2 Å². The van der Waals surface area contributed by atoms with Crippen molar-refractivity contribution in [3.05, 3.63) is 94.1 Å². The highest BCUT2D eigenvalue weighted by molar-refractivity contribution is 6.00. The molecule has 1 aliphatic rings. The number of aromatic amines is 1. The molecule has 0 spiro atoms. The number of phenolic OH excluding ortho intramolecular Hbond substituents is 1. The van der Waals surface area contributed by atoms with E-state index < -0.39 is 0 Å². The number of phenols is 1. The summed E-state index contributed by atoms with van der Waals surface area (Å²) in [6, 6.07) is 15.6. The number of rotatable bonds is 5. The minimum Gasteiger partial charge on any atom is -0.507 e. The van der Waals surface area contributed by atoms with Gasteiger partial charge in [-0.25, -0.2) is 0 Å². The molecule has 0 saturated carbocycles. The fourth-order valence-corrected chi connectivity index (χ4v) is 4.69. The second kappa shape index (κ2) is 7.96. The minimum absolute atomic E-state index is 0.137. The number of hydrogen-bond donors (Lipinski definition) is 2. The van der Waals surface area contributed by atoms with Crippen molar-refractivity contribution in [2.45, 2.75) is 46.2 Å². The minimum atomic E-state index is -0.354. The SMILES string of the molecule is Cc1cc(C)c(O)c(-c2n[nH]c3c2C(c2ccc(C(C)C)cc2)N(Cc2ccco2)C3=O)c1. The summed E-state index contributed by atoms with van der Waals surface area (Å²) in [5, 5.41) is 18.3. The molecule has 1 aliphatic heterocycles. The average molecular weight is 442 g/mol. The number of fused-ring (bicyclic) bond motifs is 1. The van der Waals surface area contributed by atoms with Gasteiger partial charge in [0, 0.05) is 11.1 Å². The van der Waals surface area contributed by atoms with E-state index >= 15 is 0 Å². The maximum absolute atomic E-state index is 13.5. The van der Waals surface area contributed by atoms with Crippen molar-refractivity contribution in [3.8, 4) is 17.0 Å². The van der Waals surface area contributed by atoms with Gasteiger partial charge in [-0.1, -0.05) is 44.2 Å². The first-order valence-corrected chi connectivity index (χ1v) is 11.2. The van der Waals surface area contributed by atoms with Crippen LogP contribution in [0.4, 0.5) is 0 Å². The summed E-state index contributed by atoms with van der Waals surface area (Å²) in [6.07, 6.45) is 1.61. The van der Waals surface area contributed by atoms with Crippen molar-refractivity contribution in [3.63, 3.8) is 0 Å². The molecule has 168 valence electrons. The van der Waals surface area contributed by atoms with Crippen molar-refractivity contribution in [2.75, 3.05) is 0 Å². The van der Waals surface area contributed by atoms with Gasteiger partial charge in [-0.15, -0.1) is 0 Å². The average Bonchev–Trinajstić information content (AvgIpc) is 3.51. The molecule has 0 radical (unpaired) electrons. The molecule has 3 heterocycles. The largest absolute Gasteiger partial charge is 0.507 e. The number of aromatic hydroxyl groups is 1. The van der Waals surface area contributed by atoms with Crippen LogP contribution < -0.4 is 0 Å². The van der Waals surface area contributed by atoms with Gasteiger partial charge in [0.05, 0.1) is 18.8 Å². The van der Waals surface area contributed by atoms with Crippen LogP contribution in [0.3, 0.4) is 0 Å². The van der Waals surface area contributed by atoms with Crippen LogP contribution in [-0.2, 0) is 6.54 Å². The highest BCUT2D eigenvalue weighted by Crippen LogP contribution is 2.46. The third-order valence-corrected chi connectivity index (χ3v) is 6.39. The third kappa shape index (κ3) is 3.52. The molecule has 2 aromatic carbocycles. The van der Waals surface area contributed by atoms with Crippen LogP contribution in [0.25, 0.3) is 11.3 Å². The van der Waals surface area contributed by atoms with Gasteiger partial charge in [0.2, 0.25) is 0 Å². The fourth-order valence-electron chi connectivity index (χ4n) is 4.69. The summed E-state index contributed by atoms with van der Waals surface area (Å²) in [7, 11) is 0. The number of aryl methyl sites for hydroxylation is 2. The van der Waals surface area contributed by atoms with Crippen LogP contribution in [0.5, 0.6) is 5.75 Å².